The molecule has 1 fully saturated rings. The van der Waals surface area contributed by atoms with Crippen LogP contribution in [0, 0.1) is 0 Å². The van der Waals surface area contributed by atoms with E-state index in [2.05, 4.69) is 42.3 Å². The van der Waals surface area contributed by atoms with Crippen LogP contribution in [-0.2, 0) is 16.9 Å². The first-order valence-corrected chi connectivity index (χ1v) is 11.5. The minimum atomic E-state index is -0.0235. The molecular weight excluding hydrogens is 398 g/mol. The average molecular weight is 431 g/mol. The van der Waals surface area contributed by atoms with Crippen LogP contribution in [0.4, 0.5) is 5.82 Å². The van der Waals surface area contributed by atoms with E-state index in [1.54, 1.807) is 11.8 Å². The number of anilines is 1. The van der Waals surface area contributed by atoms with E-state index >= 15 is 0 Å². The third kappa shape index (κ3) is 6.68. The summed E-state index contributed by atoms with van der Waals surface area (Å²) < 4.78 is 5.45. The third-order valence-electron chi connectivity index (χ3n) is 4.94. The number of hydrogen-bond donors (Lipinski definition) is 2. The van der Waals surface area contributed by atoms with Gasteiger partial charge in [-0.2, -0.15) is 0 Å². The summed E-state index contributed by atoms with van der Waals surface area (Å²) in [5, 5.41) is 3.75. The summed E-state index contributed by atoms with van der Waals surface area (Å²) in [7, 11) is 4.14. The number of benzene rings is 1. The Morgan fingerprint density at radius 1 is 1.20 bits per heavy atom. The quantitative estimate of drug-likeness (QED) is 0.458. The molecule has 0 unspecified atom stereocenters. The standard InChI is InChI=1S/C22H31N5O2S/c1-4-19-15-20(27-11-13-29-14-12-27)25-22(24-19)30-16-17-5-7-18(8-6-17)21(28)23-9-10-26(2)3/h5-8,15H,4,9-14,16H2,1-3H3,(H,23,28)/p+1. The number of ether oxygens (including phenoxy) is 1. The number of carbonyl (C=O) groups excluding carboxylic acids is 1. The first-order valence-electron chi connectivity index (χ1n) is 10.5. The zero-order chi connectivity index (χ0) is 21.3. The molecule has 0 aliphatic carbocycles. The van der Waals surface area contributed by atoms with Gasteiger partial charge in [0, 0.05) is 36.2 Å². The normalized spacial score (nSPS) is 14.2. The number of thioether (sulfide) groups is 1. The van der Waals surface area contributed by atoms with Gasteiger partial charge in [0.1, 0.15) is 5.82 Å². The van der Waals surface area contributed by atoms with Gasteiger partial charge in [0.05, 0.1) is 40.4 Å². The van der Waals surface area contributed by atoms with Gasteiger partial charge in [0.25, 0.3) is 5.91 Å². The number of likely N-dealkylation sites (N-methyl/N-ethyl adjacent to an activating group) is 1. The Balaban J connectivity index is 1.59. The Labute approximate surface area is 183 Å². The van der Waals surface area contributed by atoms with Crippen LogP contribution in [0.1, 0.15) is 28.5 Å². The Bertz CT molecular complexity index is 823. The monoisotopic (exact) mass is 430 g/mol. The molecule has 1 aliphatic rings. The topological polar surface area (TPSA) is 71.8 Å². The lowest BCUT2D eigenvalue weighted by Crippen LogP contribution is -3.06. The minimum absolute atomic E-state index is 0.0235. The minimum Gasteiger partial charge on any atom is -0.378 e. The zero-order valence-electron chi connectivity index (χ0n) is 18.1. The van der Waals surface area contributed by atoms with E-state index in [9.17, 15) is 4.79 Å². The first-order chi connectivity index (χ1) is 14.5. The van der Waals surface area contributed by atoms with E-state index in [-0.39, 0.29) is 5.91 Å². The lowest BCUT2D eigenvalue weighted by Gasteiger charge is -2.28. The number of nitrogens with zero attached hydrogens (tertiary/aromatic N) is 3. The smallest absolute Gasteiger partial charge is 0.251 e. The number of quaternary nitrogens is 1. The average Bonchev–Trinajstić information content (AvgIpc) is 2.78. The molecule has 2 heterocycles. The van der Waals surface area contributed by atoms with Gasteiger partial charge in [-0.05, 0) is 24.1 Å². The number of aryl methyl sites for hydroxylation is 1. The van der Waals surface area contributed by atoms with Crippen molar-refractivity contribution in [3.8, 4) is 0 Å². The summed E-state index contributed by atoms with van der Waals surface area (Å²) in [6.07, 6.45) is 0.881. The molecule has 0 radical (unpaired) electrons. The summed E-state index contributed by atoms with van der Waals surface area (Å²) in [6, 6.07) is 9.87. The highest BCUT2D eigenvalue weighted by atomic mass is 32.2. The lowest BCUT2D eigenvalue weighted by molar-refractivity contribution is -0.856. The Kier molecular flexibility index (Phi) is 8.48. The maximum atomic E-state index is 12.2. The first kappa shape index (κ1) is 22.5. The highest BCUT2D eigenvalue weighted by molar-refractivity contribution is 7.98. The summed E-state index contributed by atoms with van der Waals surface area (Å²) in [5.41, 5.74) is 2.89. The van der Waals surface area contributed by atoms with Crippen molar-refractivity contribution < 1.29 is 14.4 Å². The lowest BCUT2D eigenvalue weighted by atomic mass is 10.1. The molecule has 1 aromatic carbocycles. The van der Waals surface area contributed by atoms with E-state index in [1.807, 2.05) is 24.3 Å². The molecule has 1 saturated heterocycles. The second-order valence-corrected chi connectivity index (χ2v) is 8.59. The van der Waals surface area contributed by atoms with E-state index in [4.69, 9.17) is 9.72 Å². The van der Waals surface area contributed by atoms with Gasteiger partial charge in [0.15, 0.2) is 5.16 Å². The molecule has 7 nitrogen and oxygen atoms in total. The molecule has 0 bridgehead atoms. The number of aromatic nitrogens is 2. The molecule has 2 aromatic rings. The molecular formula is C22H32N5O2S+. The van der Waals surface area contributed by atoms with E-state index in [0.717, 1.165) is 67.3 Å². The predicted molar refractivity (Wildman–Crippen MR) is 120 cm³/mol. The molecule has 1 aromatic heterocycles. The summed E-state index contributed by atoms with van der Waals surface area (Å²) in [4.78, 5) is 25.2. The van der Waals surface area contributed by atoms with E-state index in [1.165, 1.54) is 4.90 Å². The number of hydrogen-bond acceptors (Lipinski definition) is 6. The maximum absolute atomic E-state index is 12.2. The zero-order valence-corrected chi connectivity index (χ0v) is 18.9. The van der Waals surface area contributed by atoms with Crippen molar-refractivity contribution in [2.75, 3.05) is 58.4 Å². The van der Waals surface area contributed by atoms with Crippen molar-refractivity contribution in [1.29, 1.82) is 0 Å². The number of carbonyl (C=O) groups is 1. The second-order valence-electron chi connectivity index (χ2n) is 7.65. The number of amides is 1. The van der Waals surface area contributed by atoms with Gasteiger partial charge < -0.3 is 19.9 Å². The van der Waals surface area contributed by atoms with Crippen molar-refractivity contribution >= 4 is 23.5 Å². The van der Waals surface area contributed by atoms with E-state index < -0.39 is 0 Å². The van der Waals surface area contributed by atoms with Crippen LogP contribution in [0.5, 0.6) is 0 Å². The third-order valence-corrected chi connectivity index (χ3v) is 5.86. The van der Waals surface area contributed by atoms with Gasteiger partial charge in [-0.15, -0.1) is 0 Å². The van der Waals surface area contributed by atoms with Crippen molar-refractivity contribution in [2.24, 2.45) is 0 Å². The van der Waals surface area contributed by atoms with Crippen LogP contribution in [0.15, 0.2) is 35.5 Å². The molecule has 3 rings (SSSR count). The van der Waals surface area contributed by atoms with Gasteiger partial charge in [-0.25, -0.2) is 9.97 Å². The molecule has 2 N–H and O–H groups in total. The van der Waals surface area contributed by atoms with Gasteiger partial charge in [-0.1, -0.05) is 30.8 Å². The Hall–Kier alpha value is -2.16. The largest absolute Gasteiger partial charge is 0.378 e. The maximum Gasteiger partial charge on any atom is 0.251 e. The number of rotatable bonds is 9. The summed E-state index contributed by atoms with van der Waals surface area (Å²) in [6.45, 7) is 6.91. The Morgan fingerprint density at radius 2 is 1.93 bits per heavy atom. The predicted octanol–water partition coefficient (Wildman–Crippen LogP) is 1.04. The van der Waals surface area contributed by atoms with E-state index in [0.29, 0.717) is 12.1 Å². The molecule has 0 atom stereocenters. The van der Waals surface area contributed by atoms with Gasteiger partial charge in [-0.3, -0.25) is 4.79 Å². The Morgan fingerprint density at radius 3 is 2.60 bits per heavy atom. The van der Waals surface area contributed by atoms with Crippen LogP contribution in [-0.4, -0.2) is 69.4 Å². The van der Waals surface area contributed by atoms with Crippen LogP contribution in [0.25, 0.3) is 0 Å². The van der Waals surface area contributed by atoms with Crippen LogP contribution in [0.3, 0.4) is 0 Å². The molecule has 30 heavy (non-hydrogen) atoms. The SMILES string of the molecule is CCc1cc(N2CCOCC2)nc(SCc2ccc(C(=O)NCC[NH+](C)C)cc2)n1. The van der Waals surface area contributed by atoms with Gasteiger partial charge in [0.2, 0.25) is 0 Å². The van der Waals surface area contributed by atoms with Crippen molar-refractivity contribution in [1.82, 2.24) is 15.3 Å². The van der Waals surface area contributed by atoms with Crippen LogP contribution in [0.2, 0.25) is 0 Å². The second kappa shape index (κ2) is 11.3. The molecule has 1 amide bonds. The molecule has 162 valence electrons. The fourth-order valence-corrected chi connectivity index (χ4v) is 3.92. The summed E-state index contributed by atoms with van der Waals surface area (Å²) >= 11 is 1.63. The molecule has 0 saturated carbocycles. The molecule has 0 spiro atoms. The van der Waals surface area contributed by atoms with Crippen molar-refractivity contribution in [3.63, 3.8) is 0 Å². The molecule has 8 heteroatoms. The number of morpholine rings is 1. The fraction of sp³-hybridized carbons (Fsp3) is 0.500. The van der Waals surface area contributed by atoms with Crippen LogP contribution < -0.4 is 15.1 Å². The highest BCUT2D eigenvalue weighted by Crippen LogP contribution is 2.24. The summed E-state index contributed by atoms with van der Waals surface area (Å²) in [5.74, 6) is 1.73. The van der Waals surface area contributed by atoms with Gasteiger partial charge >= 0.3 is 0 Å². The van der Waals surface area contributed by atoms with Crippen molar-refractivity contribution in [3.05, 3.63) is 47.2 Å². The molecule has 1 aliphatic heterocycles. The van der Waals surface area contributed by atoms with Crippen LogP contribution >= 0.6 is 11.8 Å². The fourth-order valence-electron chi connectivity index (χ4n) is 3.09. The number of nitrogens with one attached hydrogen (secondary N) is 2. The van der Waals surface area contributed by atoms with Crippen molar-refractivity contribution in [2.45, 2.75) is 24.3 Å². The highest BCUT2D eigenvalue weighted by Gasteiger charge is 2.15.